The Labute approximate surface area is 168 Å². The van der Waals surface area contributed by atoms with Gasteiger partial charge in [-0.15, -0.1) is 0 Å². The van der Waals surface area contributed by atoms with Crippen LogP contribution < -0.4 is 4.90 Å². The maximum atomic E-state index is 13.5. The number of rotatable bonds is 8. The highest BCUT2D eigenvalue weighted by Crippen LogP contribution is 2.23. The van der Waals surface area contributed by atoms with Crippen LogP contribution in [0.15, 0.2) is 35.1 Å². The number of benzene rings is 1. The zero-order chi connectivity index (χ0) is 19.1. The number of piperidine rings is 1. The Hall–Kier alpha value is -1.57. The normalized spacial score (nSPS) is 15.3. The van der Waals surface area contributed by atoms with E-state index in [1.165, 1.54) is 6.07 Å². The summed E-state index contributed by atoms with van der Waals surface area (Å²) < 4.78 is 24.8. The van der Waals surface area contributed by atoms with Gasteiger partial charge >= 0.3 is 0 Å². The molecule has 0 spiro atoms. The second-order valence-corrected chi connectivity index (χ2v) is 7.70. The van der Waals surface area contributed by atoms with E-state index in [-0.39, 0.29) is 5.82 Å². The molecule has 1 aromatic heterocycles. The number of hydrogen-bond donors (Lipinski definition) is 0. The molecule has 0 unspecified atom stereocenters. The standard InChI is InChI=1S/C20H25BrFN3O2/c1-26-13-17-11-23-20(24-12-17)25-7-4-15(5-8-25)6-9-27-14-16-2-3-18(21)19(22)10-16/h2-3,10-12,15H,4-9,13-14H2,1H3. The molecule has 146 valence electrons. The quantitative estimate of drug-likeness (QED) is 0.574. The summed E-state index contributed by atoms with van der Waals surface area (Å²) in [6.07, 6.45) is 6.91. The van der Waals surface area contributed by atoms with E-state index < -0.39 is 0 Å². The zero-order valence-electron chi connectivity index (χ0n) is 15.5. The second-order valence-electron chi connectivity index (χ2n) is 6.84. The Morgan fingerprint density at radius 3 is 2.56 bits per heavy atom. The van der Waals surface area contributed by atoms with Gasteiger partial charge in [-0.1, -0.05) is 6.07 Å². The largest absolute Gasteiger partial charge is 0.380 e. The van der Waals surface area contributed by atoms with Crippen LogP contribution in [0.5, 0.6) is 0 Å². The average molecular weight is 438 g/mol. The minimum absolute atomic E-state index is 0.249. The predicted molar refractivity (Wildman–Crippen MR) is 106 cm³/mol. The number of aromatic nitrogens is 2. The van der Waals surface area contributed by atoms with Gasteiger partial charge in [0.2, 0.25) is 5.95 Å². The monoisotopic (exact) mass is 437 g/mol. The molecule has 5 nitrogen and oxygen atoms in total. The maximum absolute atomic E-state index is 13.5. The molecule has 2 aromatic rings. The molecule has 1 fully saturated rings. The van der Waals surface area contributed by atoms with Crippen molar-refractivity contribution >= 4 is 21.9 Å². The number of methoxy groups -OCH3 is 1. The molecule has 0 atom stereocenters. The van der Waals surface area contributed by atoms with Gasteiger partial charge < -0.3 is 14.4 Å². The van der Waals surface area contributed by atoms with Crippen LogP contribution in [0.3, 0.4) is 0 Å². The van der Waals surface area contributed by atoms with Crippen LogP contribution in [0.4, 0.5) is 10.3 Å². The van der Waals surface area contributed by atoms with Gasteiger partial charge in [-0.2, -0.15) is 0 Å². The SMILES string of the molecule is COCc1cnc(N2CCC(CCOCc3ccc(Br)c(F)c3)CC2)nc1. The van der Waals surface area contributed by atoms with Gasteiger partial charge in [-0.05, 0) is 58.8 Å². The minimum Gasteiger partial charge on any atom is -0.380 e. The molecule has 1 saturated heterocycles. The summed E-state index contributed by atoms with van der Waals surface area (Å²) in [6.45, 7) is 3.61. The number of nitrogens with zero attached hydrogens (tertiary/aromatic N) is 3. The number of halogens is 2. The van der Waals surface area contributed by atoms with Gasteiger partial charge in [0.05, 0.1) is 17.7 Å². The highest BCUT2D eigenvalue weighted by atomic mass is 79.9. The summed E-state index contributed by atoms with van der Waals surface area (Å²) in [5.41, 5.74) is 1.85. The molecule has 0 radical (unpaired) electrons. The van der Waals surface area contributed by atoms with E-state index in [1.54, 1.807) is 13.2 Å². The van der Waals surface area contributed by atoms with Gasteiger partial charge in [-0.25, -0.2) is 14.4 Å². The molecular formula is C20H25BrFN3O2. The molecular weight excluding hydrogens is 413 g/mol. The van der Waals surface area contributed by atoms with E-state index in [9.17, 15) is 4.39 Å². The lowest BCUT2D eigenvalue weighted by Crippen LogP contribution is -2.35. The fourth-order valence-electron chi connectivity index (χ4n) is 3.24. The van der Waals surface area contributed by atoms with Crippen LogP contribution >= 0.6 is 15.9 Å². The minimum atomic E-state index is -0.249. The second kappa shape index (κ2) is 10.1. The lowest BCUT2D eigenvalue weighted by Gasteiger charge is -2.32. The molecule has 0 saturated carbocycles. The van der Waals surface area contributed by atoms with Crippen molar-refractivity contribution in [2.45, 2.75) is 32.5 Å². The summed E-state index contributed by atoms with van der Waals surface area (Å²) >= 11 is 3.16. The Morgan fingerprint density at radius 2 is 1.89 bits per heavy atom. The van der Waals surface area contributed by atoms with Crippen molar-refractivity contribution in [1.82, 2.24) is 9.97 Å². The van der Waals surface area contributed by atoms with E-state index in [2.05, 4.69) is 30.8 Å². The Bertz CT molecular complexity index is 722. The third-order valence-corrected chi connectivity index (χ3v) is 5.47. The summed E-state index contributed by atoms with van der Waals surface area (Å²) in [4.78, 5) is 11.1. The van der Waals surface area contributed by atoms with Crippen molar-refractivity contribution < 1.29 is 13.9 Å². The maximum Gasteiger partial charge on any atom is 0.225 e. The third kappa shape index (κ3) is 5.96. The first-order valence-corrected chi connectivity index (χ1v) is 10.0. The molecule has 1 aliphatic heterocycles. The number of anilines is 1. The van der Waals surface area contributed by atoms with Crippen molar-refractivity contribution in [1.29, 1.82) is 0 Å². The molecule has 3 rings (SSSR count). The fourth-order valence-corrected chi connectivity index (χ4v) is 3.49. The molecule has 0 aliphatic carbocycles. The highest BCUT2D eigenvalue weighted by molar-refractivity contribution is 9.10. The average Bonchev–Trinajstić information content (AvgIpc) is 2.69. The van der Waals surface area contributed by atoms with Gasteiger partial charge in [0, 0.05) is 44.8 Å². The van der Waals surface area contributed by atoms with Crippen LogP contribution in [0.25, 0.3) is 0 Å². The Balaban J connectivity index is 1.36. The molecule has 0 amide bonds. The predicted octanol–water partition coefficient (Wildman–Crippen LogP) is 4.35. The van der Waals surface area contributed by atoms with E-state index in [0.29, 0.717) is 30.2 Å². The van der Waals surface area contributed by atoms with E-state index >= 15 is 0 Å². The number of ether oxygens (including phenoxy) is 2. The van der Waals surface area contributed by atoms with Gasteiger partial charge in [-0.3, -0.25) is 0 Å². The summed E-state index contributed by atoms with van der Waals surface area (Å²) in [5, 5.41) is 0. The summed E-state index contributed by atoms with van der Waals surface area (Å²) in [7, 11) is 1.67. The fraction of sp³-hybridized carbons (Fsp3) is 0.500. The van der Waals surface area contributed by atoms with Crippen molar-refractivity contribution in [2.24, 2.45) is 5.92 Å². The third-order valence-electron chi connectivity index (χ3n) is 4.82. The first-order chi connectivity index (χ1) is 13.2. The zero-order valence-corrected chi connectivity index (χ0v) is 17.1. The smallest absolute Gasteiger partial charge is 0.225 e. The first kappa shape index (κ1) is 20.2. The van der Waals surface area contributed by atoms with Crippen LogP contribution in [0.2, 0.25) is 0 Å². The van der Waals surface area contributed by atoms with Gasteiger partial charge in [0.25, 0.3) is 0 Å². The van der Waals surface area contributed by atoms with Gasteiger partial charge in [0.15, 0.2) is 0 Å². The van der Waals surface area contributed by atoms with Crippen LogP contribution in [0, 0.1) is 11.7 Å². The van der Waals surface area contributed by atoms with Crippen molar-refractivity contribution in [3.63, 3.8) is 0 Å². The molecule has 7 heteroatoms. The summed E-state index contributed by atoms with van der Waals surface area (Å²) in [6, 6.07) is 5.11. The molecule has 2 heterocycles. The van der Waals surface area contributed by atoms with E-state index in [1.807, 2.05) is 18.5 Å². The topological polar surface area (TPSA) is 47.5 Å². The van der Waals surface area contributed by atoms with E-state index in [0.717, 1.165) is 49.4 Å². The summed E-state index contributed by atoms with van der Waals surface area (Å²) in [5.74, 6) is 1.19. The van der Waals surface area contributed by atoms with E-state index in [4.69, 9.17) is 9.47 Å². The van der Waals surface area contributed by atoms with Crippen LogP contribution in [0.1, 0.15) is 30.4 Å². The number of hydrogen-bond acceptors (Lipinski definition) is 5. The Kier molecular flexibility index (Phi) is 7.55. The van der Waals surface area contributed by atoms with Crippen molar-refractivity contribution in [2.75, 3.05) is 31.7 Å². The van der Waals surface area contributed by atoms with Gasteiger partial charge in [0.1, 0.15) is 5.82 Å². The highest BCUT2D eigenvalue weighted by Gasteiger charge is 2.20. The van der Waals surface area contributed by atoms with Crippen LogP contribution in [-0.2, 0) is 22.7 Å². The van der Waals surface area contributed by atoms with Crippen molar-refractivity contribution in [3.05, 3.63) is 52.0 Å². The molecule has 27 heavy (non-hydrogen) atoms. The molecule has 0 N–H and O–H groups in total. The molecule has 1 aliphatic rings. The van der Waals surface area contributed by atoms with Crippen LogP contribution in [-0.4, -0.2) is 36.8 Å². The molecule has 0 bridgehead atoms. The van der Waals surface area contributed by atoms with Crippen molar-refractivity contribution in [3.8, 4) is 0 Å². The molecule has 1 aromatic carbocycles. The lowest BCUT2D eigenvalue weighted by molar-refractivity contribution is 0.103. The Morgan fingerprint density at radius 1 is 1.15 bits per heavy atom. The first-order valence-electron chi connectivity index (χ1n) is 9.22. The lowest BCUT2D eigenvalue weighted by atomic mass is 9.94.